The molecular formula is C11H14ClNO2. The fourth-order valence-electron chi connectivity index (χ4n) is 2.11. The Morgan fingerprint density at radius 1 is 1.53 bits per heavy atom. The third kappa shape index (κ3) is 1.71. The molecule has 0 spiro atoms. The minimum absolute atomic E-state index is 0.307. The standard InChI is InChI=1S/C11H14ClNO2/c1-15-10-8(3-2-4-9(10)12)11(13)5-7(14)6-11/h2-4,7,14H,5-6,13H2,1H3. The molecule has 0 saturated heterocycles. The molecule has 0 aliphatic heterocycles. The highest BCUT2D eigenvalue weighted by molar-refractivity contribution is 6.32. The highest BCUT2D eigenvalue weighted by Crippen LogP contribution is 2.44. The topological polar surface area (TPSA) is 55.5 Å². The highest BCUT2D eigenvalue weighted by atomic mass is 35.5. The molecule has 15 heavy (non-hydrogen) atoms. The van der Waals surface area contributed by atoms with Crippen LogP contribution in [0.5, 0.6) is 5.75 Å². The predicted octanol–water partition coefficient (Wildman–Crippen LogP) is 1.66. The summed E-state index contributed by atoms with van der Waals surface area (Å²) in [4.78, 5) is 0. The summed E-state index contributed by atoms with van der Waals surface area (Å²) in [7, 11) is 1.57. The summed E-state index contributed by atoms with van der Waals surface area (Å²) < 4.78 is 5.24. The van der Waals surface area contributed by atoms with Crippen LogP contribution in [0.2, 0.25) is 5.02 Å². The smallest absolute Gasteiger partial charge is 0.142 e. The number of hydrogen-bond acceptors (Lipinski definition) is 3. The summed E-state index contributed by atoms with van der Waals surface area (Å²) in [5.74, 6) is 0.619. The van der Waals surface area contributed by atoms with Gasteiger partial charge in [0.15, 0.2) is 0 Å². The van der Waals surface area contributed by atoms with Crippen LogP contribution in [-0.4, -0.2) is 18.3 Å². The van der Waals surface area contributed by atoms with E-state index in [4.69, 9.17) is 22.1 Å². The molecule has 4 heteroatoms. The number of aliphatic hydroxyl groups is 1. The molecule has 82 valence electrons. The van der Waals surface area contributed by atoms with Gasteiger partial charge in [0, 0.05) is 11.1 Å². The Balaban J connectivity index is 2.40. The Morgan fingerprint density at radius 3 is 2.73 bits per heavy atom. The summed E-state index contributed by atoms with van der Waals surface area (Å²) >= 11 is 6.01. The molecule has 1 aliphatic rings. The zero-order valence-corrected chi connectivity index (χ0v) is 9.29. The number of methoxy groups -OCH3 is 1. The zero-order valence-electron chi connectivity index (χ0n) is 8.53. The Kier molecular flexibility index (Phi) is 2.63. The van der Waals surface area contributed by atoms with Crippen LogP contribution in [0.15, 0.2) is 18.2 Å². The van der Waals surface area contributed by atoms with Gasteiger partial charge in [-0.15, -0.1) is 0 Å². The van der Waals surface area contributed by atoms with E-state index in [9.17, 15) is 5.11 Å². The maximum Gasteiger partial charge on any atom is 0.142 e. The monoisotopic (exact) mass is 227 g/mol. The van der Waals surface area contributed by atoms with Crippen molar-refractivity contribution in [3.8, 4) is 5.75 Å². The van der Waals surface area contributed by atoms with Crippen molar-refractivity contribution in [2.75, 3.05) is 7.11 Å². The van der Waals surface area contributed by atoms with E-state index in [1.54, 1.807) is 13.2 Å². The molecule has 1 aromatic carbocycles. The first kappa shape index (κ1) is 10.7. The lowest BCUT2D eigenvalue weighted by atomic mass is 9.70. The van der Waals surface area contributed by atoms with Crippen molar-refractivity contribution in [1.29, 1.82) is 0 Å². The maximum absolute atomic E-state index is 9.32. The van der Waals surface area contributed by atoms with Crippen molar-refractivity contribution < 1.29 is 9.84 Å². The maximum atomic E-state index is 9.32. The molecule has 0 aromatic heterocycles. The number of para-hydroxylation sites is 1. The largest absolute Gasteiger partial charge is 0.495 e. The van der Waals surface area contributed by atoms with Gasteiger partial charge >= 0.3 is 0 Å². The van der Waals surface area contributed by atoms with Crippen molar-refractivity contribution in [2.24, 2.45) is 5.73 Å². The third-order valence-corrected chi connectivity index (χ3v) is 3.20. The quantitative estimate of drug-likeness (QED) is 0.808. The van der Waals surface area contributed by atoms with Crippen LogP contribution in [0.3, 0.4) is 0 Å². The molecule has 1 aromatic rings. The van der Waals surface area contributed by atoms with Crippen LogP contribution in [0, 0.1) is 0 Å². The first-order valence-corrected chi connectivity index (χ1v) is 5.24. The summed E-state index contributed by atoms with van der Waals surface area (Å²) in [5, 5.41) is 9.88. The van der Waals surface area contributed by atoms with E-state index in [2.05, 4.69) is 0 Å². The molecule has 0 atom stereocenters. The zero-order chi connectivity index (χ0) is 11.1. The molecule has 1 saturated carbocycles. The minimum Gasteiger partial charge on any atom is -0.495 e. The number of rotatable bonds is 2. The number of hydrogen-bond donors (Lipinski definition) is 2. The van der Waals surface area contributed by atoms with Gasteiger partial charge in [0.25, 0.3) is 0 Å². The molecule has 0 heterocycles. The van der Waals surface area contributed by atoms with E-state index in [1.165, 1.54) is 0 Å². The molecule has 0 amide bonds. The predicted molar refractivity (Wildman–Crippen MR) is 59.1 cm³/mol. The van der Waals surface area contributed by atoms with Gasteiger partial charge in [-0.25, -0.2) is 0 Å². The van der Waals surface area contributed by atoms with Crippen molar-refractivity contribution in [1.82, 2.24) is 0 Å². The fourth-order valence-corrected chi connectivity index (χ4v) is 2.36. The van der Waals surface area contributed by atoms with Crippen molar-refractivity contribution in [3.63, 3.8) is 0 Å². The molecule has 2 rings (SSSR count). The van der Waals surface area contributed by atoms with Crippen molar-refractivity contribution in [3.05, 3.63) is 28.8 Å². The number of aliphatic hydroxyl groups excluding tert-OH is 1. The summed E-state index contributed by atoms with van der Waals surface area (Å²) in [6.07, 6.45) is 0.812. The number of nitrogens with two attached hydrogens (primary N) is 1. The molecule has 0 bridgehead atoms. The van der Waals surface area contributed by atoms with Crippen LogP contribution in [0.1, 0.15) is 18.4 Å². The first-order chi connectivity index (χ1) is 7.07. The van der Waals surface area contributed by atoms with E-state index in [1.807, 2.05) is 12.1 Å². The van der Waals surface area contributed by atoms with Gasteiger partial charge in [0.1, 0.15) is 5.75 Å². The van der Waals surface area contributed by atoms with Gasteiger partial charge in [-0.05, 0) is 18.9 Å². The Labute approximate surface area is 93.8 Å². The molecule has 3 N–H and O–H groups in total. The molecular weight excluding hydrogens is 214 g/mol. The van der Waals surface area contributed by atoms with Gasteiger partial charge in [-0.2, -0.15) is 0 Å². The SMILES string of the molecule is COc1c(Cl)cccc1C1(N)CC(O)C1. The number of benzene rings is 1. The van der Waals surface area contributed by atoms with Crippen LogP contribution in [0.25, 0.3) is 0 Å². The van der Waals surface area contributed by atoms with Gasteiger partial charge in [0.2, 0.25) is 0 Å². The van der Waals surface area contributed by atoms with E-state index < -0.39 is 5.54 Å². The van der Waals surface area contributed by atoms with Crippen LogP contribution in [-0.2, 0) is 5.54 Å². The number of halogens is 1. The molecule has 1 aliphatic carbocycles. The number of ether oxygens (including phenoxy) is 1. The minimum atomic E-state index is -0.490. The lowest BCUT2D eigenvalue weighted by molar-refractivity contribution is 0.0199. The molecule has 0 unspecified atom stereocenters. The lowest BCUT2D eigenvalue weighted by Gasteiger charge is -2.43. The Hall–Kier alpha value is -0.770. The van der Waals surface area contributed by atoms with Gasteiger partial charge in [0.05, 0.1) is 18.2 Å². The highest BCUT2D eigenvalue weighted by Gasteiger charge is 2.43. The second-order valence-corrected chi connectivity index (χ2v) is 4.45. The van der Waals surface area contributed by atoms with Gasteiger partial charge < -0.3 is 15.6 Å². The average Bonchev–Trinajstić information content (AvgIpc) is 2.15. The summed E-state index contributed by atoms with van der Waals surface area (Å²) in [6.45, 7) is 0. The average molecular weight is 228 g/mol. The molecule has 3 nitrogen and oxygen atoms in total. The van der Waals surface area contributed by atoms with Crippen molar-refractivity contribution in [2.45, 2.75) is 24.5 Å². The fraction of sp³-hybridized carbons (Fsp3) is 0.455. The van der Waals surface area contributed by atoms with Crippen LogP contribution >= 0.6 is 11.6 Å². The van der Waals surface area contributed by atoms with Crippen LogP contribution in [0.4, 0.5) is 0 Å². The Morgan fingerprint density at radius 2 is 2.20 bits per heavy atom. The molecule has 1 fully saturated rings. The third-order valence-electron chi connectivity index (χ3n) is 2.91. The first-order valence-electron chi connectivity index (χ1n) is 4.87. The van der Waals surface area contributed by atoms with Gasteiger partial charge in [-0.1, -0.05) is 23.7 Å². The summed E-state index contributed by atoms with van der Waals surface area (Å²) in [5.41, 5.74) is 6.55. The van der Waals surface area contributed by atoms with Crippen LogP contribution < -0.4 is 10.5 Å². The molecule has 0 radical (unpaired) electrons. The lowest BCUT2D eigenvalue weighted by Crippen LogP contribution is -2.51. The van der Waals surface area contributed by atoms with E-state index >= 15 is 0 Å². The van der Waals surface area contributed by atoms with E-state index in [0.717, 1.165) is 5.56 Å². The van der Waals surface area contributed by atoms with Gasteiger partial charge in [-0.3, -0.25) is 0 Å². The second-order valence-electron chi connectivity index (χ2n) is 4.04. The van der Waals surface area contributed by atoms with E-state index in [-0.39, 0.29) is 6.10 Å². The normalized spacial score (nSPS) is 29.7. The summed E-state index contributed by atoms with van der Waals surface area (Å²) in [6, 6.07) is 5.51. The van der Waals surface area contributed by atoms with E-state index in [0.29, 0.717) is 23.6 Å². The second kappa shape index (κ2) is 3.67. The Bertz CT molecular complexity index is 375. The van der Waals surface area contributed by atoms with Crippen molar-refractivity contribution >= 4 is 11.6 Å².